The number of fused-ring (bicyclic) bond motifs is 2. The molecule has 0 saturated heterocycles. The van der Waals surface area contributed by atoms with Gasteiger partial charge in [0.15, 0.2) is 0 Å². The number of benzene rings is 2. The maximum Gasteiger partial charge on any atom is 0.0707 e. The molecule has 2 aromatic carbocycles. The Morgan fingerprint density at radius 1 is 0.893 bits per heavy atom. The molecule has 1 aromatic heterocycles. The van der Waals surface area contributed by atoms with E-state index in [1.54, 1.807) is 0 Å². The molecule has 0 unspecified atom stereocenters. The van der Waals surface area contributed by atoms with Gasteiger partial charge >= 0.3 is 0 Å². The minimum absolute atomic E-state index is 1.05. The van der Waals surface area contributed by atoms with Crippen molar-refractivity contribution in [2.24, 2.45) is 0 Å². The second-order valence-electron chi connectivity index (χ2n) is 7.42. The molecule has 0 saturated carbocycles. The zero-order valence-electron chi connectivity index (χ0n) is 16.9. The van der Waals surface area contributed by atoms with E-state index in [0.717, 1.165) is 25.0 Å². The Labute approximate surface area is 168 Å². The Kier molecular flexibility index (Phi) is 5.68. The van der Waals surface area contributed by atoms with Crippen molar-refractivity contribution in [1.29, 1.82) is 0 Å². The van der Waals surface area contributed by atoms with E-state index in [1.807, 2.05) is 12.3 Å². The van der Waals surface area contributed by atoms with E-state index in [1.165, 1.54) is 46.2 Å². The van der Waals surface area contributed by atoms with Gasteiger partial charge in [0.2, 0.25) is 0 Å². The largest absolute Gasteiger partial charge is 0.303 e. The molecule has 0 radical (unpaired) electrons. The van der Waals surface area contributed by atoms with Crippen molar-refractivity contribution in [3.05, 3.63) is 83.6 Å². The Bertz CT molecular complexity index is 1020. The van der Waals surface area contributed by atoms with E-state index in [0.29, 0.717) is 0 Å². The summed E-state index contributed by atoms with van der Waals surface area (Å²) in [5.41, 5.74) is 7.77. The SMILES string of the molecule is CCCN(CC)CCC1=C/C(=C\c2ccnc3ccccc23)c2ccccc21. The van der Waals surface area contributed by atoms with Crippen LogP contribution in [0.15, 0.2) is 66.9 Å². The summed E-state index contributed by atoms with van der Waals surface area (Å²) in [5.74, 6) is 0. The first-order valence-electron chi connectivity index (χ1n) is 10.4. The molecular weight excluding hydrogens is 340 g/mol. The van der Waals surface area contributed by atoms with Gasteiger partial charge in [0, 0.05) is 18.1 Å². The predicted molar refractivity (Wildman–Crippen MR) is 121 cm³/mol. The van der Waals surface area contributed by atoms with Gasteiger partial charge in [-0.25, -0.2) is 0 Å². The molecule has 1 heterocycles. The first-order valence-corrected chi connectivity index (χ1v) is 10.4. The molecule has 28 heavy (non-hydrogen) atoms. The average molecular weight is 369 g/mol. The van der Waals surface area contributed by atoms with Crippen molar-refractivity contribution >= 4 is 28.1 Å². The lowest BCUT2D eigenvalue weighted by atomic mass is 10.0. The van der Waals surface area contributed by atoms with Crippen LogP contribution in [0.1, 0.15) is 43.4 Å². The number of allylic oxidation sites excluding steroid dienone is 2. The number of pyridine rings is 1. The molecule has 1 aliphatic carbocycles. The Balaban J connectivity index is 1.69. The van der Waals surface area contributed by atoms with Crippen LogP contribution >= 0.6 is 0 Å². The average Bonchev–Trinajstić information content (AvgIpc) is 3.09. The van der Waals surface area contributed by atoms with Crippen LogP contribution in [0.2, 0.25) is 0 Å². The maximum absolute atomic E-state index is 4.50. The van der Waals surface area contributed by atoms with Crippen LogP contribution in [0.25, 0.3) is 28.1 Å². The van der Waals surface area contributed by atoms with Crippen LogP contribution in [-0.4, -0.2) is 29.5 Å². The third-order valence-electron chi connectivity index (χ3n) is 5.59. The summed E-state index contributed by atoms with van der Waals surface area (Å²) < 4.78 is 0. The summed E-state index contributed by atoms with van der Waals surface area (Å²) in [7, 11) is 0. The molecule has 2 nitrogen and oxygen atoms in total. The lowest BCUT2D eigenvalue weighted by molar-refractivity contribution is 0.296. The number of hydrogen-bond acceptors (Lipinski definition) is 2. The van der Waals surface area contributed by atoms with Crippen LogP contribution in [0.5, 0.6) is 0 Å². The van der Waals surface area contributed by atoms with Gasteiger partial charge in [-0.3, -0.25) is 4.98 Å². The fourth-order valence-corrected chi connectivity index (χ4v) is 4.12. The second-order valence-corrected chi connectivity index (χ2v) is 7.42. The maximum atomic E-state index is 4.50. The third-order valence-corrected chi connectivity index (χ3v) is 5.59. The normalized spacial score (nSPS) is 14.7. The molecular formula is C26H28N2. The fraction of sp³-hybridized carbons (Fsp3) is 0.269. The van der Waals surface area contributed by atoms with Gasteiger partial charge in [0.1, 0.15) is 0 Å². The highest BCUT2D eigenvalue weighted by Crippen LogP contribution is 2.38. The van der Waals surface area contributed by atoms with Gasteiger partial charge in [-0.05, 0) is 72.0 Å². The lowest BCUT2D eigenvalue weighted by Gasteiger charge is -2.19. The zero-order valence-corrected chi connectivity index (χ0v) is 16.9. The van der Waals surface area contributed by atoms with E-state index in [-0.39, 0.29) is 0 Å². The predicted octanol–water partition coefficient (Wildman–Crippen LogP) is 6.29. The number of rotatable bonds is 7. The van der Waals surface area contributed by atoms with Crippen LogP contribution in [-0.2, 0) is 0 Å². The highest BCUT2D eigenvalue weighted by Gasteiger charge is 2.18. The molecule has 0 atom stereocenters. The second kappa shape index (κ2) is 8.53. The van der Waals surface area contributed by atoms with Crippen LogP contribution in [0.4, 0.5) is 0 Å². The number of aromatic nitrogens is 1. The summed E-state index contributed by atoms with van der Waals surface area (Å²) in [6, 6.07) is 19.3. The van der Waals surface area contributed by atoms with Crippen molar-refractivity contribution in [2.75, 3.05) is 19.6 Å². The van der Waals surface area contributed by atoms with E-state index >= 15 is 0 Å². The van der Waals surface area contributed by atoms with E-state index < -0.39 is 0 Å². The van der Waals surface area contributed by atoms with Crippen LogP contribution in [0, 0.1) is 0 Å². The summed E-state index contributed by atoms with van der Waals surface area (Å²) >= 11 is 0. The lowest BCUT2D eigenvalue weighted by Crippen LogP contribution is -2.25. The van der Waals surface area contributed by atoms with Crippen molar-refractivity contribution in [3.63, 3.8) is 0 Å². The number of para-hydroxylation sites is 1. The van der Waals surface area contributed by atoms with Gasteiger partial charge < -0.3 is 4.90 Å². The summed E-state index contributed by atoms with van der Waals surface area (Å²) in [4.78, 5) is 7.04. The molecule has 4 rings (SSSR count). The van der Waals surface area contributed by atoms with Crippen LogP contribution < -0.4 is 0 Å². The molecule has 0 aliphatic heterocycles. The zero-order chi connectivity index (χ0) is 19.3. The monoisotopic (exact) mass is 368 g/mol. The minimum Gasteiger partial charge on any atom is -0.303 e. The third kappa shape index (κ3) is 3.79. The molecule has 0 spiro atoms. The van der Waals surface area contributed by atoms with E-state index in [9.17, 15) is 0 Å². The van der Waals surface area contributed by atoms with Crippen molar-refractivity contribution in [3.8, 4) is 0 Å². The number of hydrogen-bond donors (Lipinski definition) is 0. The Hall–Kier alpha value is -2.71. The molecule has 0 N–H and O–H groups in total. The van der Waals surface area contributed by atoms with Crippen LogP contribution in [0.3, 0.4) is 0 Å². The summed E-state index contributed by atoms with van der Waals surface area (Å²) in [5, 5.41) is 1.21. The molecule has 2 heteroatoms. The van der Waals surface area contributed by atoms with Gasteiger partial charge in [-0.15, -0.1) is 0 Å². The molecule has 3 aromatic rings. The first-order chi connectivity index (χ1) is 13.8. The van der Waals surface area contributed by atoms with Crippen molar-refractivity contribution in [1.82, 2.24) is 9.88 Å². The van der Waals surface area contributed by atoms with Crippen molar-refractivity contribution in [2.45, 2.75) is 26.7 Å². The molecule has 1 aliphatic rings. The molecule has 0 amide bonds. The fourth-order valence-electron chi connectivity index (χ4n) is 4.12. The quantitative estimate of drug-likeness (QED) is 0.487. The molecule has 142 valence electrons. The van der Waals surface area contributed by atoms with Gasteiger partial charge in [-0.2, -0.15) is 0 Å². The summed E-state index contributed by atoms with van der Waals surface area (Å²) in [6.07, 6.45) is 8.92. The van der Waals surface area contributed by atoms with Gasteiger partial charge in [0.05, 0.1) is 5.52 Å². The Morgan fingerprint density at radius 2 is 1.68 bits per heavy atom. The highest BCUT2D eigenvalue weighted by molar-refractivity contribution is 6.04. The number of nitrogens with zero attached hydrogens (tertiary/aromatic N) is 2. The Morgan fingerprint density at radius 3 is 2.50 bits per heavy atom. The van der Waals surface area contributed by atoms with Gasteiger partial charge in [-0.1, -0.05) is 62.4 Å². The van der Waals surface area contributed by atoms with E-state index in [4.69, 9.17) is 0 Å². The minimum atomic E-state index is 1.05. The standard InChI is InChI=1S/C26H28N2/c1-3-16-28(4-2)17-14-21-19-22(24-10-6-5-9-23(21)24)18-20-13-15-27-26-12-8-7-11-25(20)26/h5-13,15,18-19H,3-4,14,16-17H2,1-2H3/b22-18+. The van der Waals surface area contributed by atoms with E-state index in [2.05, 4.69) is 84.4 Å². The van der Waals surface area contributed by atoms with Gasteiger partial charge in [0.25, 0.3) is 0 Å². The highest BCUT2D eigenvalue weighted by atomic mass is 15.1. The summed E-state index contributed by atoms with van der Waals surface area (Å²) in [6.45, 7) is 7.93. The topological polar surface area (TPSA) is 16.1 Å². The smallest absolute Gasteiger partial charge is 0.0707 e. The first kappa shape index (κ1) is 18.6. The molecule has 0 bridgehead atoms. The molecule has 0 fully saturated rings. The van der Waals surface area contributed by atoms with Crippen molar-refractivity contribution < 1.29 is 0 Å².